The van der Waals surface area contributed by atoms with Gasteiger partial charge in [-0.2, -0.15) is 5.26 Å². The zero-order chi connectivity index (χ0) is 14.7. The Hall–Kier alpha value is -2.54. The number of carbonyl (C=O) groups excluding carboxylic acids is 1. The van der Waals surface area contributed by atoms with Crippen LogP contribution in [0.2, 0.25) is 0 Å². The van der Waals surface area contributed by atoms with E-state index in [0.29, 0.717) is 11.1 Å². The largest absolute Gasteiger partial charge is 0.366 e. The van der Waals surface area contributed by atoms with Gasteiger partial charge >= 0.3 is 0 Å². The van der Waals surface area contributed by atoms with Crippen molar-refractivity contribution < 1.29 is 4.79 Å². The fourth-order valence-corrected chi connectivity index (χ4v) is 2.44. The summed E-state index contributed by atoms with van der Waals surface area (Å²) >= 11 is 0. The molecule has 1 heterocycles. The number of nitriles is 1. The molecule has 0 radical (unpaired) electrons. The van der Waals surface area contributed by atoms with Crippen LogP contribution >= 0.6 is 0 Å². The van der Waals surface area contributed by atoms with Crippen LogP contribution in [0.5, 0.6) is 0 Å². The lowest BCUT2D eigenvalue weighted by atomic mass is 9.97. The highest BCUT2D eigenvalue weighted by molar-refractivity contribution is 6.02. The first kappa shape index (κ1) is 13.9. The van der Waals surface area contributed by atoms with Gasteiger partial charge in [0.1, 0.15) is 0 Å². The smallest absolute Gasteiger partial charge is 0.251 e. The van der Waals surface area contributed by atoms with Crippen molar-refractivity contribution in [1.29, 1.82) is 5.26 Å². The number of aromatic amines is 1. The molecule has 0 saturated carbocycles. The number of aromatic nitrogens is 1. The van der Waals surface area contributed by atoms with Crippen molar-refractivity contribution in [1.82, 2.24) is 4.98 Å². The third kappa shape index (κ3) is 2.30. The Kier molecular flexibility index (Phi) is 3.90. The first-order chi connectivity index (χ1) is 9.62. The van der Waals surface area contributed by atoms with Crippen LogP contribution < -0.4 is 5.73 Å². The molecule has 0 unspecified atom stereocenters. The minimum Gasteiger partial charge on any atom is -0.366 e. The van der Waals surface area contributed by atoms with E-state index in [2.05, 4.69) is 11.1 Å². The Morgan fingerprint density at radius 3 is 2.25 bits per heavy atom. The first-order valence-corrected chi connectivity index (χ1v) is 6.66. The van der Waals surface area contributed by atoms with E-state index in [9.17, 15) is 4.79 Å². The van der Waals surface area contributed by atoms with Crippen molar-refractivity contribution in [3.05, 3.63) is 46.8 Å². The van der Waals surface area contributed by atoms with Gasteiger partial charge < -0.3 is 10.7 Å². The lowest BCUT2D eigenvalue weighted by Gasteiger charge is -2.05. The predicted octanol–water partition coefficient (Wildman–Crippen LogP) is 2.78. The molecule has 102 valence electrons. The molecule has 0 atom stereocenters. The van der Waals surface area contributed by atoms with Crippen LogP contribution in [-0.4, -0.2) is 10.9 Å². The molecule has 0 spiro atoms. The van der Waals surface area contributed by atoms with E-state index in [1.165, 1.54) is 0 Å². The average molecular weight is 267 g/mol. The molecular formula is C16H17N3O. The first-order valence-electron chi connectivity index (χ1n) is 6.66. The summed E-state index contributed by atoms with van der Waals surface area (Å²) in [6.45, 7) is 4.02. The molecule has 0 bridgehead atoms. The van der Waals surface area contributed by atoms with E-state index in [1.54, 1.807) is 12.1 Å². The fraction of sp³-hybridized carbons (Fsp3) is 0.250. The van der Waals surface area contributed by atoms with Crippen molar-refractivity contribution in [3.8, 4) is 17.2 Å². The van der Waals surface area contributed by atoms with Gasteiger partial charge in [0.25, 0.3) is 5.91 Å². The lowest BCUT2D eigenvalue weighted by Crippen LogP contribution is -2.13. The van der Waals surface area contributed by atoms with Crippen LogP contribution in [0, 0.1) is 11.3 Å². The molecule has 20 heavy (non-hydrogen) atoms. The predicted molar refractivity (Wildman–Crippen MR) is 78.2 cm³/mol. The number of rotatable bonds is 4. The minimum atomic E-state index is -0.419. The highest BCUT2D eigenvalue weighted by Gasteiger charge is 2.20. The maximum atomic E-state index is 11.8. The zero-order valence-corrected chi connectivity index (χ0v) is 11.7. The van der Waals surface area contributed by atoms with Crippen LogP contribution in [-0.2, 0) is 12.8 Å². The summed E-state index contributed by atoms with van der Waals surface area (Å²) < 4.78 is 0. The monoisotopic (exact) mass is 267 g/mol. The van der Waals surface area contributed by atoms with E-state index >= 15 is 0 Å². The summed E-state index contributed by atoms with van der Waals surface area (Å²) in [6, 6.07) is 9.29. The quantitative estimate of drug-likeness (QED) is 0.892. The Morgan fingerprint density at radius 2 is 1.80 bits per heavy atom. The van der Waals surface area contributed by atoms with Crippen LogP contribution in [0.15, 0.2) is 24.3 Å². The maximum Gasteiger partial charge on any atom is 0.251 e. The van der Waals surface area contributed by atoms with Gasteiger partial charge in [0.15, 0.2) is 0 Å². The molecule has 0 aliphatic rings. The highest BCUT2D eigenvalue weighted by atomic mass is 16.1. The van der Waals surface area contributed by atoms with Gasteiger partial charge in [-0.3, -0.25) is 4.79 Å². The van der Waals surface area contributed by atoms with Crippen LogP contribution in [0.1, 0.15) is 41.2 Å². The van der Waals surface area contributed by atoms with Crippen molar-refractivity contribution in [2.24, 2.45) is 5.73 Å². The number of benzene rings is 1. The normalized spacial score (nSPS) is 10.2. The van der Waals surface area contributed by atoms with E-state index in [4.69, 9.17) is 11.0 Å². The second-order valence-electron chi connectivity index (χ2n) is 4.59. The van der Waals surface area contributed by atoms with Crippen LogP contribution in [0.25, 0.3) is 11.1 Å². The van der Waals surface area contributed by atoms with Gasteiger partial charge in [0, 0.05) is 17.0 Å². The molecule has 0 aliphatic heterocycles. The summed E-state index contributed by atoms with van der Waals surface area (Å²) in [5, 5.41) is 8.85. The van der Waals surface area contributed by atoms with Gasteiger partial charge in [-0.1, -0.05) is 26.0 Å². The summed E-state index contributed by atoms with van der Waals surface area (Å²) in [6.07, 6.45) is 1.51. The fourth-order valence-electron chi connectivity index (χ4n) is 2.44. The average Bonchev–Trinajstić information content (AvgIpc) is 2.86. The third-order valence-electron chi connectivity index (χ3n) is 3.41. The van der Waals surface area contributed by atoms with Gasteiger partial charge in [-0.25, -0.2) is 0 Å². The number of hydrogen-bond acceptors (Lipinski definition) is 2. The number of H-pyrrole nitrogens is 1. The van der Waals surface area contributed by atoms with Gasteiger partial charge in [0.2, 0.25) is 0 Å². The van der Waals surface area contributed by atoms with Gasteiger partial charge in [0.05, 0.1) is 17.2 Å². The number of carbonyl (C=O) groups is 1. The molecule has 3 N–H and O–H groups in total. The number of primary amides is 1. The topological polar surface area (TPSA) is 82.7 Å². The third-order valence-corrected chi connectivity index (χ3v) is 3.41. The molecule has 0 fully saturated rings. The Labute approximate surface area is 118 Å². The zero-order valence-electron chi connectivity index (χ0n) is 11.7. The lowest BCUT2D eigenvalue weighted by molar-refractivity contribution is 0.1000. The number of nitrogens with two attached hydrogens (primary N) is 1. The number of nitrogens with zero attached hydrogens (tertiary/aromatic N) is 1. The Bertz CT molecular complexity index is 675. The molecule has 4 heteroatoms. The molecule has 2 rings (SSSR count). The number of hydrogen-bond donors (Lipinski definition) is 2. The molecule has 1 aromatic heterocycles. The summed E-state index contributed by atoms with van der Waals surface area (Å²) in [7, 11) is 0. The highest BCUT2D eigenvalue weighted by Crippen LogP contribution is 2.31. The molecule has 0 aliphatic carbocycles. The minimum absolute atomic E-state index is 0.419. The SMILES string of the molecule is CCc1[nH]c(CC)c(-c2ccc(C#N)cc2)c1C(N)=O. The van der Waals surface area contributed by atoms with Crippen molar-refractivity contribution >= 4 is 5.91 Å². The molecule has 2 aromatic rings. The van der Waals surface area contributed by atoms with Crippen molar-refractivity contribution in [2.75, 3.05) is 0 Å². The van der Waals surface area contributed by atoms with E-state index in [1.807, 2.05) is 26.0 Å². The Morgan fingerprint density at radius 1 is 1.20 bits per heavy atom. The standard InChI is InChI=1S/C16H17N3O/c1-3-12-14(11-7-5-10(9-17)6-8-11)15(16(18)20)13(4-2)19-12/h5-8,19H,3-4H2,1-2H3,(H2,18,20). The molecule has 1 amide bonds. The van der Waals surface area contributed by atoms with Crippen LogP contribution in [0.3, 0.4) is 0 Å². The molecule has 1 aromatic carbocycles. The van der Waals surface area contributed by atoms with E-state index in [0.717, 1.165) is 35.4 Å². The molecular weight excluding hydrogens is 250 g/mol. The van der Waals surface area contributed by atoms with E-state index in [-0.39, 0.29) is 0 Å². The maximum absolute atomic E-state index is 11.8. The van der Waals surface area contributed by atoms with Crippen molar-refractivity contribution in [2.45, 2.75) is 26.7 Å². The molecule has 4 nitrogen and oxygen atoms in total. The number of amides is 1. The number of aryl methyl sites for hydroxylation is 2. The Balaban J connectivity index is 2.67. The summed E-state index contributed by atoms with van der Waals surface area (Å²) in [5.74, 6) is -0.419. The second-order valence-corrected chi connectivity index (χ2v) is 4.59. The van der Waals surface area contributed by atoms with Crippen molar-refractivity contribution in [3.63, 3.8) is 0 Å². The molecule has 0 saturated heterocycles. The van der Waals surface area contributed by atoms with Gasteiger partial charge in [-0.15, -0.1) is 0 Å². The second kappa shape index (κ2) is 5.62. The van der Waals surface area contributed by atoms with Gasteiger partial charge in [-0.05, 0) is 30.5 Å². The van der Waals surface area contributed by atoms with Crippen LogP contribution in [0.4, 0.5) is 0 Å². The summed E-state index contributed by atoms with van der Waals surface area (Å²) in [5.41, 5.74) is 10.3. The number of nitrogens with one attached hydrogen (secondary N) is 1. The van der Waals surface area contributed by atoms with E-state index < -0.39 is 5.91 Å². The summed E-state index contributed by atoms with van der Waals surface area (Å²) in [4.78, 5) is 15.1.